The molecule has 236 valence electrons. The molecule has 0 bridgehead atoms. The van der Waals surface area contributed by atoms with Gasteiger partial charge in [0.25, 0.3) is 0 Å². The molecule has 0 spiro atoms. The highest BCUT2D eigenvalue weighted by molar-refractivity contribution is 7.89. The van der Waals surface area contributed by atoms with E-state index in [4.69, 9.17) is 16.3 Å². The Balaban J connectivity index is 1.52. The second-order valence-electron chi connectivity index (χ2n) is 11.3. The molecule has 1 atom stereocenters. The standard InChI is InChI=1S/C34H42ClN3O5S/c1-26(2)43-24-8-21-36-34(40)33(29-9-4-3-5-10-29)38(25-28-11-16-30(35)17-12-28)32(39)20-15-27-13-18-31(19-14-27)44(41,42)37-22-6-7-23-37/h3-5,9-14,16-19,26,33H,6-8,15,20-25H2,1-2H3,(H,36,40)/t33-/m1/s1. The van der Waals surface area contributed by atoms with Crippen molar-refractivity contribution in [3.63, 3.8) is 0 Å². The van der Waals surface area contributed by atoms with Gasteiger partial charge < -0.3 is 15.0 Å². The molecule has 3 aromatic carbocycles. The molecule has 1 saturated heterocycles. The van der Waals surface area contributed by atoms with Gasteiger partial charge in [0.1, 0.15) is 6.04 Å². The zero-order chi connectivity index (χ0) is 31.5. The molecule has 4 rings (SSSR count). The highest BCUT2D eigenvalue weighted by atomic mass is 35.5. The third-order valence-corrected chi connectivity index (χ3v) is 9.75. The molecular weight excluding hydrogens is 598 g/mol. The number of nitrogens with zero attached hydrogens (tertiary/aromatic N) is 2. The van der Waals surface area contributed by atoms with Crippen LogP contribution in [0.1, 0.15) is 62.3 Å². The Morgan fingerprint density at radius 1 is 0.932 bits per heavy atom. The van der Waals surface area contributed by atoms with E-state index in [-0.39, 0.29) is 35.8 Å². The zero-order valence-corrected chi connectivity index (χ0v) is 27.0. The van der Waals surface area contributed by atoms with Crippen molar-refractivity contribution in [1.82, 2.24) is 14.5 Å². The predicted molar refractivity (Wildman–Crippen MR) is 173 cm³/mol. The number of ether oxygens (including phenoxy) is 1. The summed E-state index contributed by atoms with van der Waals surface area (Å²) in [5, 5.41) is 3.59. The fourth-order valence-electron chi connectivity index (χ4n) is 5.22. The molecule has 3 aromatic rings. The summed E-state index contributed by atoms with van der Waals surface area (Å²) in [6.45, 7) is 6.19. The number of nitrogens with one attached hydrogen (secondary N) is 1. The number of hydrogen-bond donors (Lipinski definition) is 1. The maximum atomic E-state index is 14.0. The van der Waals surface area contributed by atoms with E-state index in [1.165, 1.54) is 4.31 Å². The van der Waals surface area contributed by atoms with Gasteiger partial charge in [0.05, 0.1) is 11.0 Å². The van der Waals surface area contributed by atoms with Gasteiger partial charge in [0.15, 0.2) is 0 Å². The Bertz CT molecular complexity index is 1460. The highest BCUT2D eigenvalue weighted by Gasteiger charge is 2.31. The smallest absolute Gasteiger partial charge is 0.247 e. The summed E-state index contributed by atoms with van der Waals surface area (Å²) in [6, 6.07) is 22.4. The van der Waals surface area contributed by atoms with E-state index in [1.807, 2.05) is 56.3 Å². The number of sulfonamides is 1. The molecule has 10 heteroatoms. The summed E-state index contributed by atoms with van der Waals surface area (Å²) in [5.41, 5.74) is 2.40. The monoisotopic (exact) mass is 639 g/mol. The van der Waals surface area contributed by atoms with E-state index in [0.29, 0.717) is 49.7 Å². The normalized spacial score (nSPS) is 14.5. The second kappa shape index (κ2) is 16.2. The van der Waals surface area contributed by atoms with Gasteiger partial charge in [-0.2, -0.15) is 4.31 Å². The lowest BCUT2D eigenvalue weighted by atomic mass is 10.0. The van der Waals surface area contributed by atoms with Gasteiger partial charge in [-0.05, 0) is 80.5 Å². The first-order chi connectivity index (χ1) is 21.1. The minimum Gasteiger partial charge on any atom is -0.379 e. The predicted octanol–water partition coefficient (Wildman–Crippen LogP) is 5.76. The Kier molecular flexibility index (Phi) is 12.4. The van der Waals surface area contributed by atoms with E-state index < -0.39 is 16.1 Å². The lowest BCUT2D eigenvalue weighted by Crippen LogP contribution is -2.44. The van der Waals surface area contributed by atoms with Crippen LogP contribution in [-0.4, -0.2) is 61.8 Å². The number of halogens is 1. The summed E-state index contributed by atoms with van der Waals surface area (Å²) < 4.78 is 33.0. The van der Waals surface area contributed by atoms with Gasteiger partial charge >= 0.3 is 0 Å². The van der Waals surface area contributed by atoms with Gasteiger partial charge in [0, 0.05) is 44.2 Å². The van der Waals surface area contributed by atoms with Crippen LogP contribution >= 0.6 is 11.6 Å². The average Bonchev–Trinajstić information content (AvgIpc) is 3.57. The van der Waals surface area contributed by atoms with Crippen molar-refractivity contribution >= 4 is 33.4 Å². The number of amides is 2. The first-order valence-corrected chi connectivity index (χ1v) is 17.0. The first-order valence-electron chi connectivity index (χ1n) is 15.2. The Hall–Kier alpha value is -3.24. The van der Waals surface area contributed by atoms with Crippen molar-refractivity contribution in [3.8, 4) is 0 Å². The molecule has 2 amide bonds. The van der Waals surface area contributed by atoms with E-state index in [9.17, 15) is 18.0 Å². The van der Waals surface area contributed by atoms with Crippen molar-refractivity contribution in [1.29, 1.82) is 0 Å². The van der Waals surface area contributed by atoms with Crippen LogP contribution in [0.2, 0.25) is 5.02 Å². The van der Waals surface area contributed by atoms with Crippen molar-refractivity contribution < 1.29 is 22.7 Å². The summed E-state index contributed by atoms with van der Waals surface area (Å²) in [6.07, 6.45) is 3.06. The lowest BCUT2D eigenvalue weighted by molar-refractivity contribution is -0.141. The van der Waals surface area contributed by atoms with Crippen LogP contribution in [0, 0.1) is 0 Å². The molecule has 1 aliphatic heterocycles. The number of benzene rings is 3. The van der Waals surface area contributed by atoms with Crippen molar-refractivity contribution in [2.45, 2.75) is 69.5 Å². The number of aryl methyl sites for hydroxylation is 1. The van der Waals surface area contributed by atoms with Crippen LogP contribution in [0.15, 0.2) is 83.8 Å². The third-order valence-electron chi connectivity index (χ3n) is 7.59. The lowest BCUT2D eigenvalue weighted by Gasteiger charge is -2.32. The number of carbonyl (C=O) groups is 2. The molecule has 44 heavy (non-hydrogen) atoms. The van der Waals surface area contributed by atoms with E-state index >= 15 is 0 Å². The minimum absolute atomic E-state index is 0.112. The van der Waals surface area contributed by atoms with Gasteiger partial charge in [-0.15, -0.1) is 0 Å². The van der Waals surface area contributed by atoms with Crippen molar-refractivity contribution in [2.75, 3.05) is 26.2 Å². The minimum atomic E-state index is -3.51. The van der Waals surface area contributed by atoms with E-state index in [1.54, 1.807) is 41.3 Å². The second-order valence-corrected chi connectivity index (χ2v) is 13.7. The SMILES string of the molecule is CC(C)OCCCNC(=O)[C@@H](c1ccccc1)N(Cc1ccc(Cl)cc1)C(=O)CCc1ccc(S(=O)(=O)N2CCCC2)cc1. The van der Waals surface area contributed by atoms with Crippen LogP contribution in [0.3, 0.4) is 0 Å². The van der Waals surface area contributed by atoms with Crippen molar-refractivity contribution in [3.05, 3.63) is 101 Å². The zero-order valence-electron chi connectivity index (χ0n) is 25.5. The topological polar surface area (TPSA) is 96.0 Å². The molecule has 0 aliphatic carbocycles. The number of hydrogen-bond acceptors (Lipinski definition) is 5. The summed E-state index contributed by atoms with van der Waals surface area (Å²) in [4.78, 5) is 29.6. The molecule has 1 fully saturated rings. The van der Waals surface area contributed by atoms with E-state index in [0.717, 1.165) is 24.0 Å². The van der Waals surface area contributed by atoms with Gasteiger partial charge in [-0.1, -0.05) is 66.2 Å². The van der Waals surface area contributed by atoms with Gasteiger partial charge in [-0.25, -0.2) is 8.42 Å². The maximum Gasteiger partial charge on any atom is 0.247 e. The summed E-state index contributed by atoms with van der Waals surface area (Å²) >= 11 is 6.12. The van der Waals surface area contributed by atoms with Crippen molar-refractivity contribution in [2.24, 2.45) is 0 Å². The fourth-order valence-corrected chi connectivity index (χ4v) is 6.86. The van der Waals surface area contributed by atoms with Gasteiger partial charge in [0.2, 0.25) is 21.8 Å². The maximum absolute atomic E-state index is 14.0. The molecule has 1 heterocycles. The summed E-state index contributed by atoms with van der Waals surface area (Å²) in [7, 11) is -3.51. The Morgan fingerprint density at radius 3 is 2.20 bits per heavy atom. The quantitative estimate of drug-likeness (QED) is 0.213. The van der Waals surface area contributed by atoms with Crippen LogP contribution in [0.25, 0.3) is 0 Å². The average molecular weight is 640 g/mol. The molecule has 1 aliphatic rings. The number of rotatable bonds is 15. The number of carbonyl (C=O) groups excluding carboxylic acids is 2. The molecule has 0 unspecified atom stereocenters. The van der Waals surface area contributed by atoms with Crippen LogP contribution in [0.5, 0.6) is 0 Å². The van der Waals surface area contributed by atoms with Crippen LogP contribution < -0.4 is 5.32 Å². The van der Waals surface area contributed by atoms with Crippen LogP contribution in [-0.2, 0) is 37.3 Å². The Morgan fingerprint density at radius 2 is 1.57 bits per heavy atom. The molecule has 0 saturated carbocycles. The first kappa shape index (κ1) is 33.6. The summed E-state index contributed by atoms with van der Waals surface area (Å²) in [5.74, 6) is -0.458. The van der Waals surface area contributed by atoms with Gasteiger partial charge in [-0.3, -0.25) is 9.59 Å². The molecule has 1 N–H and O–H groups in total. The molecule has 8 nitrogen and oxygen atoms in total. The fraction of sp³-hybridized carbons (Fsp3) is 0.412. The Labute approximate surface area is 266 Å². The highest BCUT2D eigenvalue weighted by Crippen LogP contribution is 2.26. The molecular formula is C34H42ClN3O5S. The third kappa shape index (κ3) is 9.38. The molecule has 0 aromatic heterocycles. The largest absolute Gasteiger partial charge is 0.379 e. The molecule has 0 radical (unpaired) electrons. The van der Waals surface area contributed by atoms with E-state index in [2.05, 4.69) is 5.32 Å². The van der Waals surface area contributed by atoms with Crippen LogP contribution in [0.4, 0.5) is 0 Å².